The summed E-state index contributed by atoms with van der Waals surface area (Å²) >= 11 is 5.80. The van der Waals surface area contributed by atoms with Gasteiger partial charge < -0.3 is 15.0 Å². The van der Waals surface area contributed by atoms with Crippen molar-refractivity contribution in [2.45, 2.75) is 6.10 Å². The molecule has 108 valence electrons. The molecule has 1 atom stereocenters. The van der Waals surface area contributed by atoms with E-state index in [9.17, 15) is 14.0 Å². The molecule has 1 saturated heterocycles. The molecule has 7 heteroatoms. The fraction of sp³-hybridized carbons (Fsp3) is 0.385. The van der Waals surface area contributed by atoms with Crippen LogP contribution in [0, 0.1) is 5.82 Å². The van der Waals surface area contributed by atoms with Crippen LogP contribution >= 0.6 is 11.6 Å². The van der Waals surface area contributed by atoms with Crippen molar-refractivity contribution in [3.63, 3.8) is 0 Å². The van der Waals surface area contributed by atoms with Crippen molar-refractivity contribution in [2.75, 3.05) is 26.7 Å². The van der Waals surface area contributed by atoms with Gasteiger partial charge in [-0.1, -0.05) is 17.7 Å². The number of nitrogens with zero attached hydrogens (tertiary/aromatic N) is 1. The molecular formula is C13H14ClFN2O3. The first kappa shape index (κ1) is 14.7. The van der Waals surface area contributed by atoms with Gasteiger partial charge in [0.15, 0.2) is 0 Å². The number of ether oxygens (including phenoxy) is 1. The van der Waals surface area contributed by atoms with Gasteiger partial charge in [0.1, 0.15) is 12.4 Å². The number of hydrogen-bond acceptors (Lipinski definition) is 3. The quantitative estimate of drug-likeness (QED) is 0.908. The third-order valence-corrected chi connectivity index (χ3v) is 3.34. The molecule has 20 heavy (non-hydrogen) atoms. The van der Waals surface area contributed by atoms with E-state index in [1.54, 1.807) is 7.05 Å². The zero-order chi connectivity index (χ0) is 14.7. The molecule has 2 rings (SSSR count). The second-order valence-corrected chi connectivity index (χ2v) is 4.92. The monoisotopic (exact) mass is 300 g/mol. The van der Waals surface area contributed by atoms with Crippen molar-refractivity contribution in [1.29, 1.82) is 0 Å². The zero-order valence-corrected chi connectivity index (χ0v) is 11.6. The van der Waals surface area contributed by atoms with E-state index in [1.165, 1.54) is 23.1 Å². The Morgan fingerprint density at radius 2 is 2.35 bits per heavy atom. The fourth-order valence-corrected chi connectivity index (χ4v) is 2.14. The van der Waals surface area contributed by atoms with E-state index in [0.29, 0.717) is 6.54 Å². The molecule has 0 bridgehead atoms. The Hall–Kier alpha value is -1.66. The first-order valence-electron chi connectivity index (χ1n) is 6.07. The van der Waals surface area contributed by atoms with Crippen molar-refractivity contribution in [3.05, 3.63) is 34.6 Å². The Morgan fingerprint density at radius 3 is 3.00 bits per heavy atom. The SMILES string of the molecule is CN1CC(CNC(=O)c2c(F)cccc2Cl)OCC1=O. The van der Waals surface area contributed by atoms with Crippen LogP contribution in [0.4, 0.5) is 4.39 Å². The maximum atomic E-state index is 13.6. The van der Waals surface area contributed by atoms with Gasteiger partial charge in [0, 0.05) is 20.1 Å². The largest absolute Gasteiger partial charge is 0.365 e. The fourth-order valence-electron chi connectivity index (χ4n) is 1.89. The minimum atomic E-state index is -0.674. The molecule has 1 N–H and O–H groups in total. The second kappa shape index (κ2) is 6.19. The molecular weight excluding hydrogens is 287 g/mol. The van der Waals surface area contributed by atoms with Gasteiger partial charge in [-0.15, -0.1) is 0 Å². The molecule has 1 aliphatic heterocycles. The van der Waals surface area contributed by atoms with Crippen LogP contribution in [0.5, 0.6) is 0 Å². The molecule has 1 aromatic rings. The molecule has 1 heterocycles. The maximum absolute atomic E-state index is 13.6. The lowest BCUT2D eigenvalue weighted by atomic mass is 10.2. The average molecular weight is 301 g/mol. The van der Waals surface area contributed by atoms with Gasteiger partial charge in [-0.3, -0.25) is 9.59 Å². The minimum absolute atomic E-state index is 0.0164. The van der Waals surface area contributed by atoms with Crippen LogP contribution in [0.25, 0.3) is 0 Å². The first-order chi connectivity index (χ1) is 9.49. The van der Waals surface area contributed by atoms with Gasteiger partial charge in [0.25, 0.3) is 5.91 Å². The van der Waals surface area contributed by atoms with Crippen LogP contribution in [-0.2, 0) is 9.53 Å². The number of likely N-dealkylation sites (N-methyl/N-ethyl adjacent to an activating group) is 1. The van der Waals surface area contributed by atoms with E-state index < -0.39 is 11.7 Å². The third kappa shape index (κ3) is 3.26. The summed E-state index contributed by atoms with van der Waals surface area (Å²) in [6.45, 7) is 0.544. The van der Waals surface area contributed by atoms with E-state index in [-0.39, 0.29) is 35.7 Å². The summed E-state index contributed by atoms with van der Waals surface area (Å²) < 4.78 is 18.8. The molecule has 0 aromatic heterocycles. The number of amides is 2. The molecule has 2 amide bonds. The van der Waals surface area contributed by atoms with Crippen LogP contribution in [0.3, 0.4) is 0 Å². The Kier molecular flexibility index (Phi) is 4.57. The summed E-state index contributed by atoms with van der Waals surface area (Å²) in [5.74, 6) is -1.38. The second-order valence-electron chi connectivity index (χ2n) is 4.51. The lowest BCUT2D eigenvalue weighted by Gasteiger charge is -2.29. The number of benzene rings is 1. The van der Waals surface area contributed by atoms with E-state index in [4.69, 9.17) is 16.3 Å². The highest BCUT2D eigenvalue weighted by atomic mass is 35.5. The first-order valence-corrected chi connectivity index (χ1v) is 6.44. The number of halogens is 2. The van der Waals surface area contributed by atoms with Gasteiger partial charge in [-0.25, -0.2) is 4.39 Å². The van der Waals surface area contributed by atoms with E-state index >= 15 is 0 Å². The standard InChI is InChI=1S/C13H14ClFN2O3/c1-17-6-8(20-7-11(17)18)5-16-13(19)12-9(14)3-2-4-10(12)15/h2-4,8H,5-7H2,1H3,(H,16,19). The predicted molar refractivity (Wildman–Crippen MR) is 71.1 cm³/mol. The Morgan fingerprint density at radius 1 is 1.60 bits per heavy atom. The summed E-state index contributed by atoms with van der Waals surface area (Å²) in [5.41, 5.74) is -0.186. The van der Waals surface area contributed by atoms with Crippen LogP contribution in [-0.4, -0.2) is 49.6 Å². The number of carbonyl (C=O) groups excluding carboxylic acids is 2. The Bertz CT molecular complexity index is 518. The highest BCUT2D eigenvalue weighted by Crippen LogP contribution is 2.18. The van der Waals surface area contributed by atoms with Crippen molar-refractivity contribution >= 4 is 23.4 Å². The zero-order valence-electron chi connectivity index (χ0n) is 10.9. The molecule has 5 nitrogen and oxygen atoms in total. The van der Waals surface area contributed by atoms with Crippen LogP contribution in [0.15, 0.2) is 18.2 Å². The summed E-state index contributed by atoms with van der Waals surface area (Å²) in [5, 5.41) is 2.61. The summed E-state index contributed by atoms with van der Waals surface area (Å²) in [6.07, 6.45) is -0.313. The Labute approximate surface area is 120 Å². The number of carbonyl (C=O) groups is 2. The summed E-state index contributed by atoms with van der Waals surface area (Å²) in [7, 11) is 1.66. The summed E-state index contributed by atoms with van der Waals surface area (Å²) in [6, 6.07) is 4.05. The molecule has 0 aliphatic carbocycles. The highest BCUT2D eigenvalue weighted by Gasteiger charge is 2.24. The summed E-state index contributed by atoms with van der Waals surface area (Å²) in [4.78, 5) is 24.7. The number of nitrogens with one attached hydrogen (secondary N) is 1. The van der Waals surface area contributed by atoms with Crippen molar-refractivity contribution < 1.29 is 18.7 Å². The average Bonchev–Trinajstić information content (AvgIpc) is 2.40. The van der Waals surface area contributed by atoms with Crippen LogP contribution < -0.4 is 5.32 Å². The van der Waals surface area contributed by atoms with Gasteiger partial charge in [0.05, 0.1) is 16.7 Å². The number of hydrogen-bond donors (Lipinski definition) is 1. The molecule has 1 fully saturated rings. The maximum Gasteiger partial charge on any atom is 0.255 e. The molecule has 0 spiro atoms. The third-order valence-electron chi connectivity index (χ3n) is 3.03. The van der Waals surface area contributed by atoms with Crippen LogP contribution in [0.1, 0.15) is 10.4 Å². The van der Waals surface area contributed by atoms with E-state index in [1.807, 2.05) is 0 Å². The molecule has 1 unspecified atom stereocenters. The normalized spacial score (nSPS) is 19.1. The van der Waals surface area contributed by atoms with Gasteiger partial charge in [-0.2, -0.15) is 0 Å². The minimum Gasteiger partial charge on any atom is -0.365 e. The molecule has 1 aliphatic rings. The Balaban J connectivity index is 1.94. The highest BCUT2D eigenvalue weighted by molar-refractivity contribution is 6.33. The van der Waals surface area contributed by atoms with Crippen molar-refractivity contribution in [3.8, 4) is 0 Å². The van der Waals surface area contributed by atoms with E-state index in [2.05, 4.69) is 5.32 Å². The van der Waals surface area contributed by atoms with Gasteiger partial charge in [0.2, 0.25) is 5.91 Å². The predicted octanol–water partition coefficient (Wildman–Crippen LogP) is 1.07. The lowest BCUT2D eigenvalue weighted by molar-refractivity contribution is -0.146. The smallest absolute Gasteiger partial charge is 0.255 e. The molecule has 1 aromatic carbocycles. The number of rotatable bonds is 3. The van der Waals surface area contributed by atoms with Gasteiger partial charge in [-0.05, 0) is 12.1 Å². The van der Waals surface area contributed by atoms with Crippen molar-refractivity contribution in [1.82, 2.24) is 10.2 Å². The molecule has 0 saturated carbocycles. The number of morpholine rings is 1. The van der Waals surface area contributed by atoms with Crippen molar-refractivity contribution in [2.24, 2.45) is 0 Å². The lowest BCUT2D eigenvalue weighted by Crippen LogP contribution is -2.48. The molecule has 0 radical (unpaired) electrons. The van der Waals surface area contributed by atoms with E-state index in [0.717, 1.165) is 0 Å². The van der Waals surface area contributed by atoms with Crippen LogP contribution in [0.2, 0.25) is 5.02 Å². The van der Waals surface area contributed by atoms with Gasteiger partial charge >= 0.3 is 0 Å². The topological polar surface area (TPSA) is 58.6 Å².